The lowest BCUT2D eigenvalue weighted by molar-refractivity contribution is 0.316. The molecule has 0 aliphatic rings. The molecule has 0 unspecified atom stereocenters. The van der Waals surface area contributed by atoms with E-state index in [1.165, 1.54) is 69.0 Å². The van der Waals surface area contributed by atoms with E-state index >= 15 is 0 Å². The summed E-state index contributed by atoms with van der Waals surface area (Å²) in [6, 6.07) is 8.68. The second-order valence-electron chi connectivity index (χ2n) is 6.23. The Balaban J connectivity index is 2.04. The van der Waals surface area contributed by atoms with Crippen molar-refractivity contribution in [1.82, 2.24) is 4.90 Å². The Labute approximate surface area is 131 Å². The highest BCUT2D eigenvalue weighted by atomic mass is 15.1. The number of nitrogens with two attached hydrogens (primary N) is 1. The van der Waals surface area contributed by atoms with Crippen molar-refractivity contribution in [2.75, 3.05) is 13.6 Å². The van der Waals surface area contributed by atoms with Crippen LogP contribution in [0.5, 0.6) is 0 Å². The standard InChI is InChI=1S/C19H34N2/c1-3-4-5-6-7-8-9-10-15-21(2)17-19-13-11-18(16-20)12-14-19/h11-14H,3-10,15-17,20H2,1-2H3. The molecule has 0 aliphatic carbocycles. The summed E-state index contributed by atoms with van der Waals surface area (Å²) >= 11 is 0. The zero-order chi connectivity index (χ0) is 15.3. The molecule has 0 bridgehead atoms. The second-order valence-corrected chi connectivity index (χ2v) is 6.23. The fourth-order valence-corrected chi connectivity index (χ4v) is 2.69. The van der Waals surface area contributed by atoms with Crippen molar-refractivity contribution in [1.29, 1.82) is 0 Å². The number of hydrogen-bond donors (Lipinski definition) is 1. The van der Waals surface area contributed by atoms with Crippen LogP contribution in [0.25, 0.3) is 0 Å². The molecule has 0 aromatic heterocycles. The molecule has 21 heavy (non-hydrogen) atoms. The first-order valence-corrected chi connectivity index (χ1v) is 8.72. The molecule has 0 heterocycles. The maximum Gasteiger partial charge on any atom is 0.0230 e. The van der Waals surface area contributed by atoms with Crippen LogP contribution in [0.4, 0.5) is 0 Å². The molecule has 0 spiro atoms. The predicted octanol–water partition coefficient (Wildman–Crippen LogP) is 4.72. The summed E-state index contributed by atoms with van der Waals surface area (Å²) in [7, 11) is 2.22. The molecule has 2 nitrogen and oxygen atoms in total. The van der Waals surface area contributed by atoms with Gasteiger partial charge < -0.3 is 10.6 Å². The Kier molecular flexibility index (Phi) is 10.2. The number of rotatable bonds is 12. The molecule has 1 rings (SSSR count). The van der Waals surface area contributed by atoms with Crippen LogP contribution >= 0.6 is 0 Å². The van der Waals surface area contributed by atoms with Gasteiger partial charge in [-0.25, -0.2) is 0 Å². The minimum atomic E-state index is 0.633. The van der Waals surface area contributed by atoms with Gasteiger partial charge in [-0.05, 0) is 31.1 Å². The lowest BCUT2D eigenvalue weighted by atomic mass is 10.1. The van der Waals surface area contributed by atoms with E-state index in [0.717, 1.165) is 6.54 Å². The molecular weight excluding hydrogens is 256 g/mol. The summed E-state index contributed by atoms with van der Waals surface area (Å²) in [5.74, 6) is 0. The van der Waals surface area contributed by atoms with E-state index < -0.39 is 0 Å². The fraction of sp³-hybridized carbons (Fsp3) is 0.684. The van der Waals surface area contributed by atoms with Crippen LogP contribution in [0.15, 0.2) is 24.3 Å². The summed E-state index contributed by atoms with van der Waals surface area (Å²) in [5.41, 5.74) is 8.22. The molecule has 2 heteroatoms. The summed E-state index contributed by atoms with van der Waals surface area (Å²) < 4.78 is 0. The topological polar surface area (TPSA) is 29.3 Å². The lowest BCUT2D eigenvalue weighted by Crippen LogP contribution is -2.19. The van der Waals surface area contributed by atoms with Crippen molar-refractivity contribution in [2.45, 2.75) is 71.4 Å². The Morgan fingerprint density at radius 1 is 0.810 bits per heavy atom. The van der Waals surface area contributed by atoms with E-state index in [9.17, 15) is 0 Å². The van der Waals surface area contributed by atoms with E-state index in [0.29, 0.717) is 6.54 Å². The van der Waals surface area contributed by atoms with Crippen molar-refractivity contribution >= 4 is 0 Å². The quantitative estimate of drug-likeness (QED) is 0.564. The highest BCUT2D eigenvalue weighted by molar-refractivity contribution is 5.22. The summed E-state index contributed by atoms with van der Waals surface area (Å²) in [4.78, 5) is 2.43. The lowest BCUT2D eigenvalue weighted by Gasteiger charge is -2.16. The van der Waals surface area contributed by atoms with E-state index in [1.54, 1.807) is 0 Å². The average Bonchev–Trinajstić information content (AvgIpc) is 2.50. The number of hydrogen-bond acceptors (Lipinski definition) is 2. The largest absolute Gasteiger partial charge is 0.326 e. The molecule has 0 amide bonds. The minimum absolute atomic E-state index is 0.633. The summed E-state index contributed by atoms with van der Waals surface area (Å²) in [6.07, 6.45) is 11.1. The van der Waals surface area contributed by atoms with Crippen molar-refractivity contribution in [2.24, 2.45) is 5.73 Å². The third-order valence-electron chi connectivity index (χ3n) is 4.10. The van der Waals surface area contributed by atoms with Gasteiger partial charge in [0.2, 0.25) is 0 Å². The van der Waals surface area contributed by atoms with Gasteiger partial charge in [-0.2, -0.15) is 0 Å². The third-order valence-corrected chi connectivity index (χ3v) is 4.10. The molecule has 1 aromatic rings. The molecule has 1 aromatic carbocycles. The Morgan fingerprint density at radius 2 is 1.33 bits per heavy atom. The molecule has 0 saturated carbocycles. The number of nitrogens with zero attached hydrogens (tertiary/aromatic N) is 1. The molecule has 0 atom stereocenters. The van der Waals surface area contributed by atoms with Crippen LogP contribution in [0.3, 0.4) is 0 Å². The Bertz CT molecular complexity index is 345. The Morgan fingerprint density at radius 3 is 1.90 bits per heavy atom. The van der Waals surface area contributed by atoms with E-state index in [1.807, 2.05) is 0 Å². The van der Waals surface area contributed by atoms with Gasteiger partial charge in [-0.15, -0.1) is 0 Å². The fourth-order valence-electron chi connectivity index (χ4n) is 2.69. The van der Waals surface area contributed by atoms with Crippen molar-refractivity contribution < 1.29 is 0 Å². The number of unbranched alkanes of at least 4 members (excludes halogenated alkanes) is 7. The van der Waals surface area contributed by atoms with Gasteiger partial charge in [0.15, 0.2) is 0 Å². The van der Waals surface area contributed by atoms with Gasteiger partial charge in [0.1, 0.15) is 0 Å². The molecule has 120 valence electrons. The van der Waals surface area contributed by atoms with Crippen LogP contribution in [0.1, 0.15) is 69.4 Å². The first-order chi connectivity index (χ1) is 10.3. The van der Waals surface area contributed by atoms with Crippen LogP contribution in [-0.4, -0.2) is 18.5 Å². The highest BCUT2D eigenvalue weighted by Gasteiger charge is 2.00. The zero-order valence-corrected chi connectivity index (χ0v) is 14.1. The molecule has 0 fully saturated rings. The maximum atomic E-state index is 5.62. The monoisotopic (exact) mass is 290 g/mol. The summed E-state index contributed by atoms with van der Waals surface area (Å²) in [6.45, 7) is 5.16. The van der Waals surface area contributed by atoms with Crippen LogP contribution < -0.4 is 5.73 Å². The smallest absolute Gasteiger partial charge is 0.0230 e. The van der Waals surface area contributed by atoms with Gasteiger partial charge in [0, 0.05) is 13.1 Å². The molecule has 0 aliphatic heterocycles. The van der Waals surface area contributed by atoms with E-state index in [4.69, 9.17) is 5.73 Å². The van der Waals surface area contributed by atoms with Crippen LogP contribution in [0, 0.1) is 0 Å². The molecule has 0 saturated heterocycles. The van der Waals surface area contributed by atoms with Gasteiger partial charge in [0.05, 0.1) is 0 Å². The maximum absolute atomic E-state index is 5.62. The van der Waals surface area contributed by atoms with Gasteiger partial charge in [-0.3, -0.25) is 0 Å². The predicted molar refractivity (Wildman–Crippen MR) is 93.3 cm³/mol. The van der Waals surface area contributed by atoms with E-state index in [2.05, 4.69) is 43.1 Å². The first-order valence-electron chi connectivity index (χ1n) is 8.72. The third kappa shape index (κ3) is 8.90. The van der Waals surface area contributed by atoms with Crippen LogP contribution in [0.2, 0.25) is 0 Å². The van der Waals surface area contributed by atoms with Crippen molar-refractivity contribution in [3.05, 3.63) is 35.4 Å². The minimum Gasteiger partial charge on any atom is -0.326 e. The normalized spacial score (nSPS) is 11.2. The van der Waals surface area contributed by atoms with Crippen molar-refractivity contribution in [3.8, 4) is 0 Å². The zero-order valence-electron chi connectivity index (χ0n) is 14.1. The SMILES string of the molecule is CCCCCCCCCCN(C)Cc1ccc(CN)cc1. The summed E-state index contributed by atoms with van der Waals surface area (Å²) in [5, 5.41) is 0. The number of benzene rings is 1. The van der Waals surface area contributed by atoms with Crippen LogP contribution in [-0.2, 0) is 13.1 Å². The molecular formula is C19H34N2. The average molecular weight is 290 g/mol. The van der Waals surface area contributed by atoms with Crippen molar-refractivity contribution in [3.63, 3.8) is 0 Å². The van der Waals surface area contributed by atoms with Gasteiger partial charge in [-0.1, -0.05) is 76.1 Å². The van der Waals surface area contributed by atoms with Gasteiger partial charge in [0.25, 0.3) is 0 Å². The van der Waals surface area contributed by atoms with E-state index in [-0.39, 0.29) is 0 Å². The molecule has 2 N–H and O–H groups in total. The molecule has 0 radical (unpaired) electrons. The van der Waals surface area contributed by atoms with Gasteiger partial charge >= 0.3 is 0 Å². The Hall–Kier alpha value is -0.860. The second kappa shape index (κ2) is 11.8. The first kappa shape index (κ1) is 18.2. The highest BCUT2D eigenvalue weighted by Crippen LogP contribution is 2.10.